The van der Waals surface area contributed by atoms with E-state index in [-0.39, 0.29) is 5.91 Å². The fraction of sp³-hybridized carbons (Fsp3) is 0.214. The molecule has 0 aliphatic carbocycles. The number of fused-ring (bicyclic) bond motifs is 1. The van der Waals surface area contributed by atoms with Crippen molar-refractivity contribution in [2.45, 2.75) is 19.6 Å². The lowest BCUT2D eigenvalue weighted by atomic mass is 10.2. The molecule has 1 atom stereocenters. The first-order chi connectivity index (χ1) is 9.65. The van der Waals surface area contributed by atoms with E-state index < -0.39 is 6.10 Å². The van der Waals surface area contributed by atoms with Crippen LogP contribution in [-0.2, 0) is 11.3 Å². The van der Waals surface area contributed by atoms with Gasteiger partial charge in [0.2, 0.25) is 0 Å². The van der Waals surface area contributed by atoms with Crippen LogP contribution in [0.25, 0.3) is 0 Å². The summed E-state index contributed by atoms with van der Waals surface area (Å²) in [5, 5.41) is 0. The maximum atomic E-state index is 12.3. The first kappa shape index (κ1) is 13.1. The van der Waals surface area contributed by atoms with Crippen LogP contribution >= 0.6 is 15.9 Å². The molecular formula is C14H12BrN3O2. The van der Waals surface area contributed by atoms with Crippen molar-refractivity contribution in [3.05, 3.63) is 46.8 Å². The van der Waals surface area contributed by atoms with Gasteiger partial charge in [0.05, 0.1) is 12.2 Å². The number of rotatable bonds is 2. The lowest BCUT2D eigenvalue weighted by Gasteiger charge is -2.31. The molecule has 102 valence electrons. The number of halogens is 1. The number of aromatic nitrogens is 2. The molecular weight excluding hydrogens is 322 g/mol. The largest absolute Gasteiger partial charge is 0.477 e. The van der Waals surface area contributed by atoms with E-state index in [2.05, 4.69) is 25.9 Å². The zero-order valence-electron chi connectivity index (χ0n) is 10.8. The second-order valence-corrected chi connectivity index (χ2v) is 5.40. The van der Waals surface area contributed by atoms with Gasteiger partial charge in [-0.25, -0.2) is 4.98 Å². The summed E-state index contributed by atoms with van der Waals surface area (Å²) >= 11 is 3.35. The second-order valence-electron chi connectivity index (χ2n) is 4.48. The number of hydrogen-bond donors (Lipinski definition) is 0. The minimum atomic E-state index is -0.526. The molecule has 1 aliphatic rings. The predicted octanol–water partition coefficient (Wildman–Crippen LogP) is 2.55. The highest BCUT2D eigenvalue weighted by Crippen LogP contribution is 2.34. The lowest BCUT2D eigenvalue weighted by Crippen LogP contribution is -2.44. The van der Waals surface area contributed by atoms with Crippen molar-refractivity contribution < 1.29 is 9.53 Å². The molecule has 0 fully saturated rings. The number of nitrogens with zero attached hydrogens (tertiary/aromatic N) is 3. The molecule has 1 amide bonds. The van der Waals surface area contributed by atoms with Gasteiger partial charge in [0, 0.05) is 16.9 Å². The number of pyridine rings is 2. The molecule has 0 spiro atoms. The van der Waals surface area contributed by atoms with Crippen molar-refractivity contribution in [2.24, 2.45) is 0 Å². The van der Waals surface area contributed by atoms with E-state index in [0.717, 1.165) is 10.2 Å². The Balaban J connectivity index is 1.99. The molecule has 0 aromatic carbocycles. The Kier molecular flexibility index (Phi) is 3.40. The summed E-state index contributed by atoms with van der Waals surface area (Å²) < 4.78 is 6.40. The van der Waals surface area contributed by atoms with Gasteiger partial charge in [-0.05, 0) is 41.1 Å². The summed E-state index contributed by atoms with van der Waals surface area (Å²) in [6, 6.07) is 7.44. The van der Waals surface area contributed by atoms with Gasteiger partial charge in [-0.15, -0.1) is 0 Å². The molecule has 6 heteroatoms. The van der Waals surface area contributed by atoms with Crippen molar-refractivity contribution in [2.75, 3.05) is 4.90 Å². The van der Waals surface area contributed by atoms with Crippen LogP contribution < -0.4 is 9.64 Å². The Hall–Kier alpha value is -1.95. The quantitative estimate of drug-likeness (QED) is 0.847. The smallest absolute Gasteiger partial charge is 0.269 e. The number of carbonyl (C=O) groups excluding carboxylic acids is 1. The van der Waals surface area contributed by atoms with Crippen LogP contribution in [0.15, 0.2) is 41.1 Å². The van der Waals surface area contributed by atoms with Crippen molar-refractivity contribution in [3.63, 3.8) is 0 Å². The minimum absolute atomic E-state index is 0.113. The van der Waals surface area contributed by atoms with Gasteiger partial charge in [-0.3, -0.25) is 14.7 Å². The van der Waals surface area contributed by atoms with Crippen LogP contribution in [0.2, 0.25) is 0 Å². The summed E-state index contributed by atoms with van der Waals surface area (Å²) in [6.07, 6.45) is 2.83. The Morgan fingerprint density at radius 1 is 1.40 bits per heavy atom. The van der Waals surface area contributed by atoms with Crippen LogP contribution in [0.1, 0.15) is 12.6 Å². The first-order valence-corrected chi connectivity index (χ1v) is 6.98. The topological polar surface area (TPSA) is 55.3 Å². The average Bonchev–Trinajstić information content (AvgIpc) is 2.45. The van der Waals surface area contributed by atoms with E-state index >= 15 is 0 Å². The molecule has 0 saturated heterocycles. The highest BCUT2D eigenvalue weighted by atomic mass is 79.9. The monoisotopic (exact) mass is 333 g/mol. The highest BCUT2D eigenvalue weighted by Gasteiger charge is 2.32. The van der Waals surface area contributed by atoms with E-state index in [1.807, 2.05) is 24.3 Å². The second kappa shape index (κ2) is 5.20. The Bertz CT molecular complexity index is 648. The molecule has 3 rings (SSSR count). The molecule has 0 saturated carbocycles. The van der Waals surface area contributed by atoms with Gasteiger partial charge in [-0.1, -0.05) is 6.07 Å². The highest BCUT2D eigenvalue weighted by molar-refractivity contribution is 9.10. The van der Waals surface area contributed by atoms with E-state index in [1.54, 1.807) is 24.2 Å². The van der Waals surface area contributed by atoms with Crippen LogP contribution in [-0.4, -0.2) is 22.0 Å². The van der Waals surface area contributed by atoms with Crippen LogP contribution in [0.3, 0.4) is 0 Å². The van der Waals surface area contributed by atoms with Crippen LogP contribution in [0.5, 0.6) is 5.75 Å². The van der Waals surface area contributed by atoms with Crippen LogP contribution in [0.4, 0.5) is 5.82 Å². The third kappa shape index (κ3) is 2.38. The summed E-state index contributed by atoms with van der Waals surface area (Å²) in [7, 11) is 0. The molecule has 0 radical (unpaired) electrons. The van der Waals surface area contributed by atoms with Gasteiger partial charge in [0.25, 0.3) is 5.91 Å². The molecule has 1 aliphatic heterocycles. The summed E-state index contributed by atoms with van der Waals surface area (Å²) in [5.41, 5.74) is 0.811. The van der Waals surface area contributed by atoms with Gasteiger partial charge in [0.15, 0.2) is 17.7 Å². The fourth-order valence-electron chi connectivity index (χ4n) is 2.07. The number of hydrogen-bond acceptors (Lipinski definition) is 4. The van der Waals surface area contributed by atoms with Gasteiger partial charge < -0.3 is 4.74 Å². The minimum Gasteiger partial charge on any atom is -0.477 e. The van der Waals surface area contributed by atoms with E-state index in [1.165, 1.54) is 0 Å². The van der Waals surface area contributed by atoms with Crippen molar-refractivity contribution >= 4 is 27.7 Å². The Morgan fingerprint density at radius 2 is 2.25 bits per heavy atom. The van der Waals surface area contributed by atoms with Gasteiger partial charge in [-0.2, -0.15) is 0 Å². The zero-order chi connectivity index (χ0) is 14.1. The third-order valence-electron chi connectivity index (χ3n) is 3.02. The SMILES string of the molecule is CC1Oc2cc(Br)cnc2N(Cc2ccccn2)C1=O. The summed E-state index contributed by atoms with van der Waals surface area (Å²) in [6.45, 7) is 2.12. The van der Waals surface area contributed by atoms with Crippen molar-refractivity contribution in [1.29, 1.82) is 0 Å². The molecule has 3 heterocycles. The standard InChI is InChI=1S/C14H12BrN3O2/c1-9-14(19)18(8-11-4-2-3-5-16-11)13-12(20-9)6-10(15)7-17-13/h2-7,9H,8H2,1H3. The molecule has 20 heavy (non-hydrogen) atoms. The maximum absolute atomic E-state index is 12.3. The Morgan fingerprint density at radius 3 is 3.00 bits per heavy atom. The van der Waals surface area contributed by atoms with Gasteiger partial charge in [0.1, 0.15) is 0 Å². The van der Waals surface area contributed by atoms with Crippen LogP contribution in [0, 0.1) is 0 Å². The predicted molar refractivity (Wildman–Crippen MR) is 77.5 cm³/mol. The molecule has 0 N–H and O–H groups in total. The Labute approximate surface area is 124 Å². The third-order valence-corrected chi connectivity index (χ3v) is 3.45. The number of ether oxygens (including phenoxy) is 1. The van der Waals surface area contributed by atoms with Crippen molar-refractivity contribution in [1.82, 2.24) is 9.97 Å². The molecule has 2 aromatic heterocycles. The summed E-state index contributed by atoms with van der Waals surface area (Å²) in [5.74, 6) is 1.02. The average molecular weight is 334 g/mol. The lowest BCUT2D eigenvalue weighted by molar-refractivity contribution is -0.125. The molecule has 0 bridgehead atoms. The first-order valence-electron chi connectivity index (χ1n) is 6.18. The summed E-state index contributed by atoms with van der Waals surface area (Å²) in [4.78, 5) is 22.4. The molecule has 5 nitrogen and oxygen atoms in total. The van der Waals surface area contributed by atoms with E-state index in [4.69, 9.17) is 4.74 Å². The number of anilines is 1. The zero-order valence-corrected chi connectivity index (χ0v) is 12.4. The van der Waals surface area contributed by atoms with E-state index in [9.17, 15) is 4.79 Å². The maximum Gasteiger partial charge on any atom is 0.269 e. The molecule has 1 unspecified atom stereocenters. The number of amides is 1. The molecule has 2 aromatic rings. The fourth-order valence-corrected chi connectivity index (χ4v) is 2.38. The van der Waals surface area contributed by atoms with E-state index in [0.29, 0.717) is 18.1 Å². The van der Waals surface area contributed by atoms with Crippen molar-refractivity contribution in [3.8, 4) is 5.75 Å². The number of carbonyl (C=O) groups is 1. The normalized spacial score (nSPS) is 17.6. The van der Waals surface area contributed by atoms with Gasteiger partial charge >= 0.3 is 0 Å².